The maximum absolute atomic E-state index is 12.1. The number of likely N-dealkylation sites (N-methyl/N-ethyl adjacent to an activating group) is 1. The molecule has 0 radical (unpaired) electrons. The molecule has 0 bridgehead atoms. The Kier molecular flexibility index (Phi) is 3.45. The molecule has 2 rings (SSSR count). The van der Waals surface area contributed by atoms with Gasteiger partial charge in [0.15, 0.2) is 5.78 Å². The van der Waals surface area contributed by atoms with E-state index < -0.39 is 0 Å². The second-order valence-electron chi connectivity index (χ2n) is 4.75. The topological polar surface area (TPSA) is 20.3 Å². The second kappa shape index (κ2) is 4.68. The molecule has 0 amide bonds. The third-order valence-corrected chi connectivity index (χ3v) is 4.40. The van der Waals surface area contributed by atoms with Crippen LogP contribution >= 0.6 is 11.3 Å². The highest BCUT2D eigenvalue weighted by molar-refractivity contribution is 7.12. The Morgan fingerprint density at radius 2 is 2.19 bits per heavy atom. The molecule has 1 aliphatic carbocycles. The van der Waals surface area contributed by atoms with Gasteiger partial charge in [0.2, 0.25) is 0 Å². The molecular weight excluding hydrogens is 218 g/mol. The maximum atomic E-state index is 12.1. The van der Waals surface area contributed by atoms with Crippen LogP contribution in [0, 0.1) is 13.8 Å². The van der Waals surface area contributed by atoms with E-state index >= 15 is 0 Å². The maximum Gasteiger partial charge on any atom is 0.177 e. The molecule has 1 aromatic rings. The van der Waals surface area contributed by atoms with Gasteiger partial charge in [-0.3, -0.25) is 9.69 Å². The molecule has 16 heavy (non-hydrogen) atoms. The summed E-state index contributed by atoms with van der Waals surface area (Å²) in [4.78, 5) is 16.7. The summed E-state index contributed by atoms with van der Waals surface area (Å²) in [6.07, 6.45) is 3.83. The van der Waals surface area contributed by atoms with Gasteiger partial charge in [0.1, 0.15) is 0 Å². The molecule has 1 heterocycles. The Morgan fingerprint density at radius 1 is 1.50 bits per heavy atom. The van der Waals surface area contributed by atoms with E-state index in [1.165, 1.54) is 24.1 Å². The van der Waals surface area contributed by atoms with Gasteiger partial charge in [-0.15, -0.1) is 11.3 Å². The van der Waals surface area contributed by atoms with Gasteiger partial charge in [0, 0.05) is 21.4 Å². The van der Waals surface area contributed by atoms with Crippen molar-refractivity contribution in [3.8, 4) is 0 Å². The lowest BCUT2D eigenvalue weighted by Crippen LogP contribution is -2.40. The molecule has 0 atom stereocenters. The number of carbonyl (C=O) groups excluding carboxylic acids is 1. The molecule has 2 nitrogen and oxygen atoms in total. The quantitative estimate of drug-likeness (QED) is 0.750. The third kappa shape index (κ3) is 2.36. The van der Waals surface area contributed by atoms with Gasteiger partial charge in [0.25, 0.3) is 0 Å². The molecule has 0 saturated heterocycles. The minimum Gasteiger partial charge on any atom is -0.296 e. The fraction of sp³-hybridized carbons (Fsp3) is 0.615. The lowest BCUT2D eigenvalue weighted by molar-refractivity contribution is 0.0870. The predicted molar refractivity (Wildman–Crippen MR) is 68.4 cm³/mol. The van der Waals surface area contributed by atoms with Gasteiger partial charge in [-0.2, -0.15) is 0 Å². The summed E-state index contributed by atoms with van der Waals surface area (Å²) in [5, 5.41) is 0. The minimum atomic E-state index is 0.274. The van der Waals surface area contributed by atoms with Gasteiger partial charge in [-0.1, -0.05) is 6.42 Å². The average molecular weight is 237 g/mol. The first-order valence-electron chi connectivity index (χ1n) is 5.88. The van der Waals surface area contributed by atoms with Gasteiger partial charge in [-0.25, -0.2) is 0 Å². The van der Waals surface area contributed by atoms with Crippen molar-refractivity contribution in [3.05, 3.63) is 21.4 Å². The van der Waals surface area contributed by atoms with E-state index in [0.29, 0.717) is 12.6 Å². The SMILES string of the molecule is Cc1cc(C(=O)CN(C)C2CCC2)c(C)s1. The summed E-state index contributed by atoms with van der Waals surface area (Å²) in [6, 6.07) is 2.67. The van der Waals surface area contributed by atoms with Crippen molar-refractivity contribution < 1.29 is 4.79 Å². The van der Waals surface area contributed by atoms with Crippen LogP contribution < -0.4 is 0 Å². The molecule has 1 saturated carbocycles. The minimum absolute atomic E-state index is 0.274. The first-order valence-corrected chi connectivity index (χ1v) is 6.70. The fourth-order valence-corrected chi connectivity index (χ4v) is 3.12. The van der Waals surface area contributed by atoms with Gasteiger partial charge in [0.05, 0.1) is 6.54 Å². The number of hydrogen-bond donors (Lipinski definition) is 0. The van der Waals surface area contributed by atoms with Crippen molar-refractivity contribution >= 4 is 17.1 Å². The normalized spacial score (nSPS) is 16.5. The summed E-state index contributed by atoms with van der Waals surface area (Å²) in [6.45, 7) is 4.67. The molecule has 1 aliphatic rings. The number of carbonyl (C=O) groups is 1. The van der Waals surface area contributed by atoms with E-state index in [4.69, 9.17) is 0 Å². The van der Waals surface area contributed by atoms with Crippen LogP contribution in [0.2, 0.25) is 0 Å². The zero-order valence-corrected chi connectivity index (χ0v) is 11.1. The van der Waals surface area contributed by atoms with Gasteiger partial charge < -0.3 is 0 Å². The molecular formula is C13H19NOS. The first-order chi connectivity index (χ1) is 7.58. The smallest absolute Gasteiger partial charge is 0.177 e. The number of Topliss-reactive ketones (excluding diaryl/α,β-unsaturated/α-hetero) is 1. The van der Waals surface area contributed by atoms with E-state index in [-0.39, 0.29) is 5.78 Å². The van der Waals surface area contributed by atoms with Crippen LogP contribution in [-0.2, 0) is 0 Å². The van der Waals surface area contributed by atoms with Crippen molar-refractivity contribution in [2.24, 2.45) is 0 Å². The first kappa shape index (κ1) is 11.8. The lowest BCUT2D eigenvalue weighted by atomic mass is 9.91. The van der Waals surface area contributed by atoms with E-state index in [0.717, 1.165) is 10.4 Å². The van der Waals surface area contributed by atoms with Crippen molar-refractivity contribution in [3.63, 3.8) is 0 Å². The number of nitrogens with zero attached hydrogens (tertiary/aromatic N) is 1. The predicted octanol–water partition coefficient (Wildman–Crippen LogP) is 3.03. The van der Waals surface area contributed by atoms with Crippen LogP contribution in [0.5, 0.6) is 0 Å². The zero-order chi connectivity index (χ0) is 11.7. The van der Waals surface area contributed by atoms with Gasteiger partial charge in [-0.05, 0) is 39.8 Å². The Hall–Kier alpha value is -0.670. The Balaban J connectivity index is 1.99. The number of ketones is 1. The fourth-order valence-electron chi connectivity index (χ4n) is 2.18. The number of rotatable bonds is 4. The number of aryl methyl sites for hydroxylation is 2. The van der Waals surface area contributed by atoms with E-state index in [1.807, 2.05) is 13.0 Å². The molecule has 1 aromatic heterocycles. The summed E-state index contributed by atoms with van der Waals surface area (Å²) >= 11 is 1.71. The molecule has 0 spiro atoms. The highest BCUT2D eigenvalue weighted by Gasteiger charge is 2.24. The standard InChI is InChI=1S/C13H19NOS/c1-9-7-12(10(2)16-9)13(15)8-14(3)11-5-4-6-11/h7,11H,4-6,8H2,1-3H3. The highest BCUT2D eigenvalue weighted by Crippen LogP contribution is 2.25. The summed E-state index contributed by atoms with van der Waals surface area (Å²) < 4.78 is 0. The zero-order valence-electron chi connectivity index (χ0n) is 10.2. The molecule has 0 unspecified atom stereocenters. The van der Waals surface area contributed by atoms with Crippen molar-refractivity contribution in [1.82, 2.24) is 4.90 Å². The van der Waals surface area contributed by atoms with Crippen molar-refractivity contribution in [1.29, 1.82) is 0 Å². The Morgan fingerprint density at radius 3 is 2.62 bits per heavy atom. The number of hydrogen-bond acceptors (Lipinski definition) is 3. The summed E-state index contributed by atoms with van der Waals surface area (Å²) in [5.41, 5.74) is 0.925. The Labute approximate surface area is 101 Å². The molecule has 88 valence electrons. The molecule has 0 N–H and O–H groups in total. The second-order valence-corrected chi connectivity index (χ2v) is 6.21. The summed E-state index contributed by atoms with van der Waals surface area (Å²) in [7, 11) is 2.07. The lowest BCUT2D eigenvalue weighted by Gasteiger charge is -2.34. The van der Waals surface area contributed by atoms with Gasteiger partial charge >= 0.3 is 0 Å². The third-order valence-electron chi connectivity index (χ3n) is 3.43. The Bertz CT molecular complexity index is 393. The van der Waals surface area contributed by atoms with E-state index in [1.54, 1.807) is 11.3 Å². The van der Waals surface area contributed by atoms with Crippen molar-refractivity contribution in [2.45, 2.75) is 39.2 Å². The molecule has 0 aromatic carbocycles. The monoisotopic (exact) mass is 237 g/mol. The van der Waals surface area contributed by atoms with Crippen LogP contribution in [0.25, 0.3) is 0 Å². The highest BCUT2D eigenvalue weighted by atomic mass is 32.1. The molecule has 0 aliphatic heterocycles. The van der Waals surface area contributed by atoms with Crippen LogP contribution in [0.1, 0.15) is 39.4 Å². The van der Waals surface area contributed by atoms with Crippen LogP contribution in [0.15, 0.2) is 6.07 Å². The van der Waals surface area contributed by atoms with Crippen LogP contribution in [0.4, 0.5) is 0 Å². The van der Waals surface area contributed by atoms with Crippen LogP contribution in [-0.4, -0.2) is 30.3 Å². The molecule has 1 fully saturated rings. The molecule has 3 heteroatoms. The van der Waals surface area contributed by atoms with Crippen LogP contribution in [0.3, 0.4) is 0 Å². The van der Waals surface area contributed by atoms with E-state index in [9.17, 15) is 4.79 Å². The van der Waals surface area contributed by atoms with Crippen molar-refractivity contribution in [2.75, 3.05) is 13.6 Å². The van der Waals surface area contributed by atoms with E-state index in [2.05, 4.69) is 18.9 Å². The average Bonchev–Trinajstić information content (AvgIpc) is 2.41. The number of thiophene rings is 1. The largest absolute Gasteiger partial charge is 0.296 e. The summed E-state index contributed by atoms with van der Waals surface area (Å²) in [5.74, 6) is 0.274.